The van der Waals surface area contributed by atoms with E-state index < -0.39 is 0 Å². The number of amidine groups is 1. The lowest BCUT2D eigenvalue weighted by molar-refractivity contribution is -0.122. The van der Waals surface area contributed by atoms with Crippen LogP contribution in [0.2, 0.25) is 0 Å². The fourth-order valence-electron chi connectivity index (χ4n) is 2.98. The summed E-state index contributed by atoms with van der Waals surface area (Å²) in [6, 6.07) is 18.7. The molecule has 0 N–H and O–H groups in total. The molecule has 0 unspecified atom stereocenters. The molecule has 3 aromatic rings. The second-order valence-electron chi connectivity index (χ2n) is 6.42. The first-order valence-corrected chi connectivity index (χ1v) is 10.1. The number of carbonyl (C=O) groups is 1. The summed E-state index contributed by atoms with van der Waals surface area (Å²) in [6.45, 7) is 0.307. The first kappa shape index (κ1) is 19.8. The summed E-state index contributed by atoms with van der Waals surface area (Å²) in [5.74, 6) is 1.86. The highest BCUT2D eigenvalue weighted by atomic mass is 32.2. The second kappa shape index (κ2) is 8.92. The van der Waals surface area contributed by atoms with E-state index in [9.17, 15) is 4.79 Å². The molecule has 1 aliphatic heterocycles. The number of carbonyl (C=O) groups excluding carboxylic acids is 1. The van der Waals surface area contributed by atoms with Crippen LogP contribution in [0.4, 0.5) is 5.69 Å². The predicted molar refractivity (Wildman–Crippen MR) is 118 cm³/mol. The van der Waals surface area contributed by atoms with E-state index in [0.717, 1.165) is 11.3 Å². The van der Waals surface area contributed by atoms with Crippen molar-refractivity contribution in [2.75, 3.05) is 14.2 Å². The van der Waals surface area contributed by atoms with Crippen molar-refractivity contribution in [3.8, 4) is 11.5 Å². The molecule has 0 bridgehead atoms. The third-order valence-electron chi connectivity index (χ3n) is 4.49. The van der Waals surface area contributed by atoms with Gasteiger partial charge < -0.3 is 13.9 Å². The van der Waals surface area contributed by atoms with Crippen LogP contribution in [0.5, 0.6) is 11.5 Å². The number of methoxy groups -OCH3 is 2. The summed E-state index contributed by atoms with van der Waals surface area (Å²) in [5, 5.41) is 0.598. The van der Waals surface area contributed by atoms with Crippen LogP contribution in [0.3, 0.4) is 0 Å². The van der Waals surface area contributed by atoms with Crippen molar-refractivity contribution in [3.63, 3.8) is 0 Å². The SMILES string of the molecule is COc1ccc(C=C2SC(=Nc3ccccc3)N(Cc3ccco3)C2=O)c(OC)c1. The van der Waals surface area contributed by atoms with Crippen LogP contribution < -0.4 is 9.47 Å². The number of amides is 1. The third-order valence-corrected chi connectivity index (χ3v) is 5.50. The molecule has 1 saturated heterocycles. The van der Waals surface area contributed by atoms with Crippen molar-refractivity contribution in [1.82, 2.24) is 4.90 Å². The van der Waals surface area contributed by atoms with Gasteiger partial charge in [0.25, 0.3) is 5.91 Å². The monoisotopic (exact) mass is 420 g/mol. The number of para-hydroxylation sites is 1. The highest BCUT2D eigenvalue weighted by molar-refractivity contribution is 8.18. The largest absolute Gasteiger partial charge is 0.497 e. The number of nitrogens with zero attached hydrogens (tertiary/aromatic N) is 2. The summed E-state index contributed by atoms with van der Waals surface area (Å²) < 4.78 is 16.2. The molecule has 0 radical (unpaired) electrons. The van der Waals surface area contributed by atoms with Gasteiger partial charge in [-0.25, -0.2) is 4.99 Å². The summed E-state index contributed by atoms with van der Waals surface area (Å²) in [7, 11) is 3.19. The normalized spacial score (nSPS) is 16.5. The van der Waals surface area contributed by atoms with Gasteiger partial charge >= 0.3 is 0 Å². The van der Waals surface area contributed by atoms with Gasteiger partial charge in [-0.1, -0.05) is 18.2 Å². The Morgan fingerprint density at radius 2 is 1.90 bits per heavy atom. The number of aliphatic imine (C=N–C) groups is 1. The lowest BCUT2D eigenvalue weighted by Gasteiger charge is -2.13. The molecular weight excluding hydrogens is 400 g/mol. The number of rotatable bonds is 6. The molecule has 6 nitrogen and oxygen atoms in total. The molecule has 4 rings (SSSR count). The lowest BCUT2D eigenvalue weighted by Crippen LogP contribution is -2.28. The Hall–Kier alpha value is -3.45. The lowest BCUT2D eigenvalue weighted by atomic mass is 10.1. The van der Waals surface area contributed by atoms with Crippen molar-refractivity contribution >= 4 is 34.6 Å². The Labute approximate surface area is 178 Å². The molecule has 152 valence electrons. The highest BCUT2D eigenvalue weighted by Gasteiger charge is 2.34. The Bertz CT molecular complexity index is 1090. The fraction of sp³-hybridized carbons (Fsp3) is 0.130. The number of ether oxygens (including phenoxy) is 2. The summed E-state index contributed by atoms with van der Waals surface area (Å²) in [6.07, 6.45) is 3.41. The van der Waals surface area contributed by atoms with E-state index in [1.165, 1.54) is 11.8 Å². The average molecular weight is 420 g/mol. The average Bonchev–Trinajstić information content (AvgIpc) is 3.39. The molecule has 0 atom stereocenters. The van der Waals surface area contributed by atoms with E-state index in [0.29, 0.717) is 33.9 Å². The fourth-order valence-corrected chi connectivity index (χ4v) is 3.97. The van der Waals surface area contributed by atoms with Crippen LogP contribution >= 0.6 is 11.8 Å². The van der Waals surface area contributed by atoms with Gasteiger partial charge in [-0.2, -0.15) is 0 Å². The van der Waals surface area contributed by atoms with E-state index in [4.69, 9.17) is 13.9 Å². The summed E-state index contributed by atoms with van der Waals surface area (Å²) in [4.78, 5) is 20.1. The second-order valence-corrected chi connectivity index (χ2v) is 7.43. The summed E-state index contributed by atoms with van der Waals surface area (Å²) in [5.41, 5.74) is 1.56. The first-order valence-electron chi connectivity index (χ1n) is 9.27. The smallest absolute Gasteiger partial charge is 0.267 e. The molecule has 2 heterocycles. The van der Waals surface area contributed by atoms with Crippen LogP contribution in [0.25, 0.3) is 6.08 Å². The van der Waals surface area contributed by atoms with Crippen LogP contribution in [-0.2, 0) is 11.3 Å². The number of furan rings is 1. The van der Waals surface area contributed by atoms with E-state index >= 15 is 0 Å². The van der Waals surface area contributed by atoms with E-state index in [1.54, 1.807) is 37.5 Å². The summed E-state index contributed by atoms with van der Waals surface area (Å²) >= 11 is 1.33. The Balaban J connectivity index is 1.71. The number of thioether (sulfide) groups is 1. The van der Waals surface area contributed by atoms with E-state index in [-0.39, 0.29) is 5.91 Å². The first-order chi connectivity index (χ1) is 14.7. The van der Waals surface area contributed by atoms with Gasteiger partial charge in [-0.15, -0.1) is 0 Å². The number of hydrogen-bond acceptors (Lipinski definition) is 6. The van der Waals surface area contributed by atoms with E-state index in [1.807, 2.05) is 54.6 Å². The van der Waals surface area contributed by atoms with Crippen molar-refractivity contribution in [3.05, 3.63) is 83.2 Å². The van der Waals surface area contributed by atoms with Crippen molar-refractivity contribution in [2.24, 2.45) is 4.99 Å². The Kier molecular flexibility index (Phi) is 5.90. The quantitative estimate of drug-likeness (QED) is 0.519. The van der Waals surface area contributed by atoms with E-state index in [2.05, 4.69) is 4.99 Å². The predicted octanol–water partition coefficient (Wildman–Crippen LogP) is 5.10. The van der Waals surface area contributed by atoms with Gasteiger partial charge in [0.2, 0.25) is 0 Å². The minimum atomic E-state index is -0.135. The molecule has 7 heteroatoms. The van der Waals surface area contributed by atoms with Gasteiger partial charge in [0, 0.05) is 11.6 Å². The van der Waals surface area contributed by atoms with Crippen LogP contribution in [-0.4, -0.2) is 30.2 Å². The number of hydrogen-bond donors (Lipinski definition) is 0. The molecule has 1 aliphatic rings. The molecule has 1 amide bonds. The maximum absolute atomic E-state index is 13.2. The molecule has 1 fully saturated rings. The Morgan fingerprint density at radius 1 is 1.07 bits per heavy atom. The van der Waals surface area contributed by atoms with Gasteiger partial charge in [0.15, 0.2) is 5.17 Å². The van der Waals surface area contributed by atoms with Gasteiger partial charge in [-0.3, -0.25) is 9.69 Å². The van der Waals surface area contributed by atoms with Crippen LogP contribution in [0, 0.1) is 0 Å². The zero-order valence-corrected chi connectivity index (χ0v) is 17.4. The van der Waals surface area contributed by atoms with Crippen molar-refractivity contribution in [2.45, 2.75) is 6.54 Å². The number of benzene rings is 2. The molecular formula is C23H20N2O4S. The van der Waals surface area contributed by atoms with Crippen LogP contribution in [0.1, 0.15) is 11.3 Å². The van der Waals surface area contributed by atoms with Crippen LogP contribution in [0.15, 0.2) is 81.2 Å². The minimum Gasteiger partial charge on any atom is -0.497 e. The van der Waals surface area contributed by atoms with Gasteiger partial charge in [-0.05, 0) is 54.2 Å². The molecule has 0 saturated carbocycles. The van der Waals surface area contributed by atoms with Gasteiger partial charge in [0.05, 0.1) is 37.6 Å². The standard InChI is InChI=1S/C23H20N2O4S/c1-27-18-11-10-16(20(14-18)28-2)13-21-22(26)25(15-19-9-6-12-29-19)23(30-21)24-17-7-4-3-5-8-17/h3-14H,15H2,1-2H3. The highest BCUT2D eigenvalue weighted by Crippen LogP contribution is 2.37. The molecule has 0 spiro atoms. The van der Waals surface area contributed by atoms with Crippen molar-refractivity contribution in [1.29, 1.82) is 0 Å². The molecule has 0 aliphatic carbocycles. The molecule has 2 aromatic carbocycles. The minimum absolute atomic E-state index is 0.135. The maximum atomic E-state index is 13.2. The zero-order valence-electron chi connectivity index (χ0n) is 16.6. The third kappa shape index (κ3) is 4.26. The maximum Gasteiger partial charge on any atom is 0.267 e. The molecule has 30 heavy (non-hydrogen) atoms. The zero-order chi connectivity index (χ0) is 20.9. The Morgan fingerprint density at radius 3 is 2.60 bits per heavy atom. The molecule has 1 aromatic heterocycles. The topological polar surface area (TPSA) is 64.3 Å². The van der Waals surface area contributed by atoms with Crippen molar-refractivity contribution < 1.29 is 18.7 Å². The van der Waals surface area contributed by atoms with Gasteiger partial charge in [0.1, 0.15) is 17.3 Å².